The van der Waals surface area contributed by atoms with E-state index in [0.717, 1.165) is 5.56 Å². The van der Waals surface area contributed by atoms with Gasteiger partial charge in [-0.1, -0.05) is 40.9 Å². The van der Waals surface area contributed by atoms with Crippen LogP contribution in [0.2, 0.25) is 15.2 Å². The molecular formula is C15H12Cl3N3O3. The van der Waals surface area contributed by atoms with E-state index < -0.39 is 18.5 Å². The van der Waals surface area contributed by atoms with E-state index in [1.807, 2.05) is 5.32 Å². The smallest absolute Gasteiger partial charge is 0.318 e. The van der Waals surface area contributed by atoms with Gasteiger partial charge in [0, 0.05) is 17.6 Å². The fraction of sp³-hybridized carbons (Fsp3) is 0.133. The number of hydrogen-bond acceptors (Lipinski definition) is 4. The number of benzene rings is 1. The number of nitrogens with one attached hydrogen (secondary N) is 1. The predicted octanol–water partition coefficient (Wildman–Crippen LogP) is 3.21. The van der Waals surface area contributed by atoms with Crippen molar-refractivity contribution in [2.24, 2.45) is 5.73 Å². The maximum atomic E-state index is 11.4. The number of nitrogens with two attached hydrogens (primary N) is 1. The summed E-state index contributed by atoms with van der Waals surface area (Å²) in [5.74, 6) is -0.422. The van der Waals surface area contributed by atoms with Crippen LogP contribution in [0.15, 0.2) is 30.5 Å². The number of imide groups is 1. The van der Waals surface area contributed by atoms with Gasteiger partial charge < -0.3 is 10.5 Å². The van der Waals surface area contributed by atoms with Crippen LogP contribution in [0.3, 0.4) is 0 Å². The van der Waals surface area contributed by atoms with Crippen molar-refractivity contribution in [1.82, 2.24) is 10.3 Å². The van der Waals surface area contributed by atoms with Crippen LogP contribution in [0.4, 0.5) is 4.79 Å². The lowest BCUT2D eigenvalue weighted by Crippen LogP contribution is -2.38. The van der Waals surface area contributed by atoms with Crippen LogP contribution in [0.5, 0.6) is 5.75 Å². The molecular weight excluding hydrogens is 377 g/mol. The van der Waals surface area contributed by atoms with Gasteiger partial charge in [0.15, 0.2) is 6.61 Å². The summed E-state index contributed by atoms with van der Waals surface area (Å²) in [6, 6.07) is 5.64. The Balaban J connectivity index is 2.16. The zero-order valence-electron chi connectivity index (χ0n) is 12.2. The highest BCUT2D eigenvalue weighted by atomic mass is 35.5. The third-order valence-electron chi connectivity index (χ3n) is 2.94. The molecule has 126 valence electrons. The lowest BCUT2D eigenvalue weighted by atomic mass is 10.1. The molecule has 0 spiro atoms. The fourth-order valence-electron chi connectivity index (χ4n) is 1.88. The number of amides is 3. The molecule has 0 aliphatic rings. The Hall–Kier alpha value is -2.02. The highest BCUT2D eigenvalue weighted by molar-refractivity contribution is 6.37. The molecule has 3 amide bonds. The molecule has 0 saturated heterocycles. The van der Waals surface area contributed by atoms with Gasteiger partial charge in [0.2, 0.25) is 0 Å². The van der Waals surface area contributed by atoms with Crippen LogP contribution in [0.25, 0.3) is 0 Å². The zero-order chi connectivity index (χ0) is 17.7. The van der Waals surface area contributed by atoms with E-state index in [1.54, 1.807) is 24.4 Å². The quantitative estimate of drug-likeness (QED) is 0.769. The van der Waals surface area contributed by atoms with Crippen LogP contribution >= 0.6 is 34.8 Å². The van der Waals surface area contributed by atoms with Gasteiger partial charge in [-0.15, -0.1) is 0 Å². The van der Waals surface area contributed by atoms with Crippen LogP contribution < -0.4 is 15.8 Å². The number of nitrogens with zero attached hydrogens (tertiary/aromatic N) is 1. The molecule has 0 radical (unpaired) electrons. The number of urea groups is 1. The lowest BCUT2D eigenvalue weighted by molar-refractivity contribution is -0.121. The first kappa shape index (κ1) is 18.3. The summed E-state index contributed by atoms with van der Waals surface area (Å²) in [5.41, 5.74) is 6.32. The van der Waals surface area contributed by atoms with Crippen LogP contribution in [0, 0.1) is 0 Å². The Morgan fingerprint density at radius 2 is 1.92 bits per heavy atom. The molecule has 9 heteroatoms. The van der Waals surface area contributed by atoms with Crippen LogP contribution in [0.1, 0.15) is 11.1 Å². The summed E-state index contributed by atoms with van der Waals surface area (Å²) >= 11 is 18.2. The predicted molar refractivity (Wildman–Crippen MR) is 91.7 cm³/mol. The summed E-state index contributed by atoms with van der Waals surface area (Å²) in [6.07, 6.45) is 2.02. The number of hydrogen-bond donors (Lipinski definition) is 2. The van der Waals surface area contributed by atoms with Crippen molar-refractivity contribution >= 4 is 46.7 Å². The van der Waals surface area contributed by atoms with E-state index in [2.05, 4.69) is 4.98 Å². The molecule has 2 rings (SSSR count). The molecule has 1 heterocycles. The van der Waals surface area contributed by atoms with E-state index in [1.165, 1.54) is 6.07 Å². The largest absolute Gasteiger partial charge is 0.482 e. The molecule has 0 saturated carbocycles. The van der Waals surface area contributed by atoms with Gasteiger partial charge in [-0.05, 0) is 29.3 Å². The minimum absolute atomic E-state index is 0.262. The average Bonchev–Trinajstić information content (AvgIpc) is 2.52. The standard InChI is InChI=1S/C15H12Cl3N3O3/c16-10-2-3-11(24-7-13(22)21-15(19)23)14(18)9(10)5-8-1-4-12(17)20-6-8/h1-4,6H,5,7H2,(H3,19,21,22,23). The summed E-state index contributed by atoms with van der Waals surface area (Å²) < 4.78 is 5.30. The maximum absolute atomic E-state index is 11.4. The topological polar surface area (TPSA) is 94.3 Å². The molecule has 6 nitrogen and oxygen atoms in total. The summed E-state index contributed by atoms with van der Waals surface area (Å²) in [7, 11) is 0. The first-order valence-corrected chi connectivity index (χ1v) is 7.79. The van der Waals surface area contributed by atoms with Crippen molar-refractivity contribution in [3.8, 4) is 5.75 Å². The number of pyridine rings is 1. The average molecular weight is 389 g/mol. The number of aromatic nitrogens is 1. The fourth-order valence-corrected chi connectivity index (χ4v) is 2.55. The molecule has 0 atom stereocenters. The van der Waals surface area contributed by atoms with Crippen molar-refractivity contribution < 1.29 is 14.3 Å². The summed E-state index contributed by atoms with van der Waals surface area (Å²) in [4.78, 5) is 26.0. The van der Waals surface area contributed by atoms with Crippen LogP contribution in [-0.2, 0) is 11.2 Å². The number of carbonyl (C=O) groups excluding carboxylic acids is 2. The number of halogens is 3. The molecule has 1 aromatic heterocycles. The highest BCUT2D eigenvalue weighted by Crippen LogP contribution is 2.35. The molecule has 2 aromatic rings. The van der Waals surface area contributed by atoms with Gasteiger partial charge in [0.1, 0.15) is 10.9 Å². The second-order valence-electron chi connectivity index (χ2n) is 4.71. The first-order valence-electron chi connectivity index (χ1n) is 6.66. The van der Waals surface area contributed by atoms with Gasteiger partial charge >= 0.3 is 6.03 Å². The molecule has 0 fully saturated rings. The molecule has 3 N–H and O–H groups in total. The third-order valence-corrected chi connectivity index (χ3v) is 3.93. The van der Waals surface area contributed by atoms with Crippen molar-refractivity contribution in [3.05, 3.63) is 56.8 Å². The van der Waals surface area contributed by atoms with Gasteiger partial charge in [0.25, 0.3) is 5.91 Å². The molecule has 1 aromatic carbocycles. The van der Waals surface area contributed by atoms with E-state index >= 15 is 0 Å². The van der Waals surface area contributed by atoms with Gasteiger partial charge in [-0.3, -0.25) is 10.1 Å². The zero-order valence-corrected chi connectivity index (χ0v) is 14.5. The molecule has 24 heavy (non-hydrogen) atoms. The second-order valence-corrected chi connectivity index (χ2v) is 5.88. The first-order chi connectivity index (χ1) is 11.4. The lowest BCUT2D eigenvalue weighted by Gasteiger charge is -2.12. The summed E-state index contributed by atoms with van der Waals surface area (Å²) in [6.45, 7) is -0.410. The van der Waals surface area contributed by atoms with E-state index in [-0.39, 0.29) is 10.8 Å². The Bertz CT molecular complexity index is 767. The van der Waals surface area contributed by atoms with E-state index in [4.69, 9.17) is 45.3 Å². The SMILES string of the molecule is NC(=O)NC(=O)COc1ccc(Cl)c(Cc2ccc(Cl)nc2)c1Cl. The number of rotatable bonds is 5. The Labute approximate surface area is 152 Å². The summed E-state index contributed by atoms with van der Waals surface area (Å²) in [5, 5.41) is 2.99. The molecule has 0 aliphatic heterocycles. The Kier molecular flexibility index (Phi) is 6.25. The monoisotopic (exact) mass is 387 g/mol. The third kappa shape index (κ3) is 4.99. The molecule has 0 aliphatic carbocycles. The van der Waals surface area contributed by atoms with Crippen LogP contribution in [-0.4, -0.2) is 23.5 Å². The van der Waals surface area contributed by atoms with Gasteiger partial charge in [-0.2, -0.15) is 0 Å². The van der Waals surface area contributed by atoms with Crippen molar-refractivity contribution in [3.63, 3.8) is 0 Å². The van der Waals surface area contributed by atoms with Gasteiger partial charge in [0.05, 0.1) is 5.02 Å². The maximum Gasteiger partial charge on any atom is 0.318 e. The molecule has 0 unspecified atom stereocenters. The minimum Gasteiger partial charge on any atom is -0.482 e. The number of carbonyl (C=O) groups is 2. The van der Waals surface area contributed by atoms with Crippen molar-refractivity contribution in [1.29, 1.82) is 0 Å². The van der Waals surface area contributed by atoms with Crippen molar-refractivity contribution in [2.45, 2.75) is 6.42 Å². The second kappa shape index (κ2) is 8.19. The molecule has 0 bridgehead atoms. The van der Waals surface area contributed by atoms with Gasteiger partial charge in [-0.25, -0.2) is 9.78 Å². The van der Waals surface area contributed by atoms with E-state index in [0.29, 0.717) is 22.2 Å². The number of primary amides is 1. The minimum atomic E-state index is -0.957. The number of ether oxygens (including phenoxy) is 1. The van der Waals surface area contributed by atoms with Crippen molar-refractivity contribution in [2.75, 3.05) is 6.61 Å². The van der Waals surface area contributed by atoms with E-state index in [9.17, 15) is 9.59 Å². The Morgan fingerprint density at radius 3 is 2.54 bits per heavy atom. The Morgan fingerprint density at radius 1 is 1.17 bits per heavy atom. The normalized spacial score (nSPS) is 10.3. The highest BCUT2D eigenvalue weighted by Gasteiger charge is 2.14.